The fourth-order valence-electron chi connectivity index (χ4n) is 1.01. The van der Waals surface area contributed by atoms with Crippen molar-refractivity contribution >= 4 is 45.9 Å². The van der Waals surface area contributed by atoms with Gasteiger partial charge in [-0.1, -0.05) is 30.0 Å². The maximum atomic E-state index is 11.6. The third kappa shape index (κ3) is 6.58. The van der Waals surface area contributed by atoms with E-state index in [1.165, 1.54) is 11.3 Å². The Morgan fingerprint density at radius 1 is 1.44 bits per heavy atom. The Hall–Kier alpha value is -0.310. The molecule has 0 saturated heterocycles. The Labute approximate surface area is 120 Å². The highest BCUT2D eigenvalue weighted by molar-refractivity contribution is 8.01. The molecular formula is C10H18N4OS3. The van der Waals surface area contributed by atoms with Crippen molar-refractivity contribution < 1.29 is 4.79 Å². The predicted octanol–water partition coefficient (Wildman–Crippen LogP) is 1.88. The van der Waals surface area contributed by atoms with Gasteiger partial charge in [-0.3, -0.25) is 10.1 Å². The van der Waals surface area contributed by atoms with Crippen LogP contribution in [0.2, 0.25) is 0 Å². The Kier molecular flexibility index (Phi) is 7.64. The van der Waals surface area contributed by atoms with Crippen molar-refractivity contribution in [3.63, 3.8) is 0 Å². The highest BCUT2D eigenvalue weighted by Crippen LogP contribution is 2.24. The van der Waals surface area contributed by atoms with Crippen LogP contribution in [0.3, 0.4) is 0 Å². The van der Waals surface area contributed by atoms with Gasteiger partial charge in [-0.05, 0) is 19.8 Å². The molecule has 0 aliphatic carbocycles. The second kappa shape index (κ2) is 8.73. The molecule has 0 atom stereocenters. The maximum Gasteiger partial charge on any atom is 0.236 e. The molecule has 1 aromatic heterocycles. The lowest BCUT2D eigenvalue weighted by Gasteiger charge is -2.08. The van der Waals surface area contributed by atoms with Crippen molar-refractivity contribution in [2.75, 3.05) is 43.2 Å². The summed E-state index contributed by atoms with van der Waals surface area (Å²) < 4.78 is 0.896. The van der Waals surface area contributed by atoms with Gasteiger partial charge in [0.1, 0.15) is 0 Å². The lowest BCUT2D eigenvalue weighted by molar-refractivity contribution is -0.113. The first-order chi connectivity index (χ1) is 8.61. The summed E-state index contributed by atoms with van der Waals surface area (Å²) in [5.74, 6) is 2.36. The number of carbonyl (C=O) groups excluding carboxylic acids is 1. The molecule has 1 amide bonds. The quantitative estimate of drug-likeness (QED) is 0.450. The molecule has 8 heteroatoms. The number of hydrogen-bond acceptors (Lipinski definition) is 7. The summed E-state index contributed by atoms with van der Waals surface area (Å²) in [6.07, 6.45) is 0. The topological polar surface area (TPSA) is 58.1 Å². The zero-order valence-electron chi connectivity index (χ0n) is 10.8. The van der Waals surface area contributed by atoms with E-state index >= 15 is 0 Å². The molecule has 0 saturated carbocycles. The van der Waals surface area contributed by atoms with Gasteiger partial charge in [0, 0.05) is 12.3 Å². The van der Waals surface area contributed by atoms with Gasteiger partial charge in [-0.25, -0.2) is 0 Å². The summed E-state index contributed by atoms with van der Waals surface area (Å²) in [5.41, 5.74) is 0. The number of nitrogens with zero attached hydrogens (tertiary/aromatic N) is 3. The van der Waals surface area contributed by atoms with Crippen molar-refractivity contribution in [3.05, 3.63) is 0 Å². The van der Waals surface area contributed by atoms with Crippen molar-refractivity contribution in [1.29, 1.82) is 0 Å². The van der Waals surface area contributed by atoms with Crippen LogP contribution in [-0.4, -0.2) is 58.9 Å². The van der Waals surface area contributed by atoms with Gasteiger partial charge in [0.15, 0.2) is 4.34 Å². The fourth-order valence-corrected chi connectivity index (χ4v) is 3.57. The van der Waals surface area contributed by atoms with Crippen LogP contribution in [0.15, 0.2) is 4.34 Å². The van der Waals surface area contributed by atoms with E-state index in [9.17, 15) is 4.79 Å². The average Bonchev–Trinajstić information content (AvgIpc) is 2.72. The molecule has 0 unspecified atom stereocenters. The first-order valence-electron chi connectivity index (χ1n) is 5.60. The van der Waals surface area contributed by atoms with Crippen LogP contribution in [0.25, 0.3) is 0 Å². The first kappa shape index (κ1) is 15.7. The van der Waals surface area contributed by atoms with Crippen molar-refractivity contribution in [2.24, 2.45) is 0 Å². The van der Waals surface area contributed by atoms with E-state index in [1.807, 2.05) is 14.1 Å². The van der Waals surface area contributed by atoms with Crippen LogP contribution in [0, 0.1) is 0 Å². The number of hydrogen-bond donors (Lipinski definition) is 1. The summed E-state index contributed by atoms with van der Waals surface area (Å²) in [4.78, 5) is 13.7. The number of aromatic nitrogens is 2. The molecule has 0 bridgehead atoms. The molecule has 1 heterocycles. The number of anilines is 1. The van der Waals surface area contributed by atoms with Gasteiger partial charge in [0.25, 0.3) is 0 Å². The second-order valence-corrected chi connectivity index (χ2v) is 7.30. The van der Waals surface area contributed by atoms with Crippen LogP contribution in [0.5, 0.6) is 0 Å². The number of nitrogens with one attached hydrogen (secondary N) is 1. The zero-order valence-corrected chi connectivity index (χ0v) is 13.3. The van der Waals surface area contributed by atoms with Gasteiger partial charge >= 0.3 is 0 Å². The fraction of sp³-hybridized carbons (Fsp3) is 0.700. The SMILES string of the molecule is CCSc1nnc(NC(=O)CSCCN(C)C)s1. The molecule has 102 valence electrons. The van der Waals surface area contributed by atoms with Crippen molar-refractivity contribution in [2.45, 2.75) is 11.3 Å². The first-order valence-corrected chi connectivity index (χ1v) is 8.56. The molecule has 0 spiro atoms. The molecule has 0 fully saturated rings. The third-order valence-electron chi connectivity index (χ3n) is 1.84. The van der Waals surface area contributed by atoms with Crippen molar-refractivity contribution in [3.8, 4) is 0 Å². The lowest BCUT2D eigenvalue weighted by Crippen LogP contribution is -2.18. The van der Waals surface area contributed by atoms with Gasteiger partial charge in [-0.15, -0.1) is 10.2 Å². The Morgan fingerprint density at radius 3 is 2.89 bits per heavy atom. The van der Waals surface area contributed by atoms with E-state index in [0.29, 0.717) is 10.9 Å². The second-order valence-electron chi connectivity index (χ2n) is 3.71. The maximum absolute atomic E-state index is 11.6. The summed E-state index contributed by atoms with van der Waals surface area (Å²) in [6, 6.07) is 0. The van der Waals surface area contributed by atoms with E-state index in [4.69, 9.17) is 0 Å². The lowest BCUT2D eigenvalue weighted by atomic mass is 10.7. The van der Waals surface area contributed by atoms with E-state index in [2.05, 4.69) is 27.3 Å². The van der Waals surface area contributed by atoms with Gasteiger partial charge < -0.3 is 4.90 Å². The minimum Gasteiger partial charge on any atom is -0.309 e. The van der Waals surface area contributed by atoms with Crippen LogP contribution in [0.1, 0.15) is 6.92 Å². The summed E-state index contributed by atoms with van der Waals surface area (Å²) in [5, 5.41) is 11.3. The standard InChI is InChI=1S/C10H18N4OS3/c1-4-17-10-13-12-9(18-10)11-8(15)7-16-6-5-14(2)3/h4-7H2,1-3H3,(H,11,12,15). The molecule has 1 N–H and O–H groups in total. The smallest absolute Gasteiger partial charge is 0.236 e. The summed E-state index contributed by atoms with van der Waals surface area (Å²) in [6.45, 7) is 3.04. The van der Waals surface area contributed by atoms with E-state index in [-0.39, 0.29) is 5.91 Å². The molecule has 0 aliphatic rings. The number of amides is 1. The third-order valence-corrected chi connectivity index (χ3v) is 4.63. The molecular weight excluding hydrogens is 288 g/mol. The van der Waals surface area contributed by atoms with E-state index in [1.54, 1.807) is 23.5 Å². The average molecular weight is 306 g/mol. The highest BCUT2D eigenvalue weighted by Gasteiger charge is 2.08. The van der Waals surface area contributed by atoms with Gasteiger partial charge in [0.05, 0.1) is 5.75 Å². The summed E-state index contributed by atoms with van der Waals surface area (Å²) >= 11 is 4.68. The molecule has 0 radical (unpaired) electrons. The predicted molar refractivity (Wildman–Crippen MR) is 80.8 cm³/mol. The molecule has 1 aromatic rings. The van der Waals surface area contributed by atoms with Crippen LogP contribution in [0.4, 0.5) is 5.13 Å². The van der Waals surface area contributed by atoms with E-state index in [0.717, 1.165) is 22.4 Å². The Balaban J connectivity index is 2.22. The largest absolute Gasteiger partial charge is 0.309 e. The number of thioether (sulfide) groups is 2. The zero-order chi connectivity index (χ0) is 13.4. The molecule has 0 aliphatic heterocycles. The molecule has 5 nitrogen and oxygen atoms in total. The highest BCUT2D eigenvalue weighted by atomic mass is 32.2. The summed E-state index contributed by atoms with van der Waals surface area (Å²) in [7, 11) is 4.05. The minimum atomic E-state index is -0.0112. The van der Waals surface area contributed by atoms with E-state index < -0.39 is 0 Å². The minimum absolute atomic E-state index is 0.0112. The normalized spacial score (nSPS) is 10.9. The van der Waals surface area contributed by atoms with Crippen molar-refractivity contribution in [1.82, 2.24) is 15.1 Å². The number of rotatable bonds is 8. The van der Waals surface area contributed by atoms with Crippen LogP contribution < -0.4 is 5.32 Å². The van der Waals surface area contributed by atoms with Crippen LogP contribution >= 0.6 is 34.9 Å². The van der Waals surface area contributed by atoms with Crippen LogP contribution in [-0.2, 0) is 4.79 Å². The monoisotopic (exact) mass is 306 g/mol. The van der Waals surface area contributed by atoms with Gasteiger partial charge in [0.2, 0.25) is 11.0 Å². The van der Waals surface area contributed by atoms with Gasteiger partial charge in [-0.2, -0.15) is 11.8 Å². The molecule has 18 heavy (non-hydrogen) atoms. The molecule has 1 rings (SSSR count). The Morgan fingerprint density at radius 2 is 2.22 bits per heavy atom. The number of carbonyl (C=O) groups is 1. The Bertz CT molecular complexity index is 370. The molecule has 0 aromatic carbocycles.